The van der Waals surface area contributed by atoms with Crippen LogP contribution in [0.3, 0.4) is 0 Å². The molecule has 6 nitrogen and oxygen atoms in total. The van der Waals surface area contributed by atoms with Gasteiger partial charge in [-0.05, 0) is 36.8 Å². The number of carbonyl (C=O) groups is 2. The van der Waals surface area contributed by atoms with E-state index < -0.39 is 5.91 Å². The summed E-state index contributed by atoms with van der Waals surface area (Å²) in [7, 11) is 0. The molecule has 0 aromatic heterocycles. The van der Waals surface area contributed by atoms with Crippen LogP contribution in [-0.4, -0.2) is 31.2 Å². The van der Waals surface area contributed by atoms with Crippen LogP contribution in [0.2, 0.25) is 10.0 Å². The number of hydrogen-bond acceptors (Lipinski definition) is 4. The highest BCUT2D eigenvalue weighted by atomic mass is 35.5. The fraction of sp³-hybridized carbons (Fsp3) is 0.211. The maximum atomic E-state index is 12.0. The zero-order valence-corrected chi connectivity index (χ0v) is 16.2. The van der Waals surface area contributed by atoms with Crippen LogP contribution in [0.4, 0.5) is 0 Å². The van der Waals surface area contributed by atoms with Gasteiger partial charge in [0.15, 0.2) is 0 Å². The second kappa shape index (κ2) is 10.5. The van der Waals surface area contributed by atoms with Crippen molar-refractivity contribution in [3.8, 4) is 5.75 Å². The molecule has 0 saturated carbocycles. The van der Waals surface area contributed by atoms with Gasteiger partial charge in [0.1, 0.15) is 5.75 Å². The molecule has 0 atom stereocenters. The number of nitrogens with zero attached hydrogens (tertiary/aromatic N) is 1. The molecule has 2 amide bonds. The quantitative estimate of drug-likeness (QED) is 0.517. The zero-order valence-electron chi connectivity index (χ0n) is 14.7. The summed E-state index contributed by atoms with van der Waals surface area (Å²) < 4.78 is 5.46. The summed E-state index contributed by atoms with van der Waals surface area (Å²) in [6, 6.07) is 11.8. The summed E-state index contributed by atoms with van der Waals surface area (Å²) in [6.45, 7) is 2.42. The molecule has 0 fully saturated rings. The molecule has 0 unspecified atom stereocenters. The average Bonchev–Trinajstić information content (AvgIpc) is 2.68. The lowest BCUT2D eigenvalue weighted by atomic mass is 10.2. The van der Waals surface area contributed by atoms with Crippen LogP contribution in [0.5, 0.6) is 5.75 Å². The van der Waals surface area contributed by atoms with Crippen molar-refractivity contribution in [3.63, 3.8) is 0 Å². The summed E-state index contributed by atoms with van der Waals surface area (Å²) in [5.74, 6) is -0.144. The minimum atomic E-state index is -0.472. The molecule has 2 aromatic rings. The second-order valence-corrected chi connectivity index (χ2v) is 6.28. The molecule has 0 spiro atoms. The molecule has 142 valence electrons. The van der Waals surface area contributed by atoms with E-state index in [1.54, 1.807) is 42.5 Å². The number of hydrogen-bond donors (Lipinski definition) is 2. The molecule has 8 heteroatoms. The molecule has 0 aliphatic carbocycles. The van der Waals surface area contributed by atoms with E-state index in [-0.39, 0.29) is 12.5 Å². The standard InChI is InChI=1S/C19H19Cl2N3O3/c1-2-10-27-15-8-6-13(7-9-15)19(26)22-12-17(25)24-23-11-14-4-3-5-16(20)18(14)21/h3-9,11H,2,10,12H2,1H3,(H,22,26)(H,24,25)/b23-11-. The van der Waals surface area contributed by atoms with Gasteiger partial charge < -0.3 is 10.1 Å². The van der Waals surface area contributed by atoms with E-state index in [1.165, 1.54) is 6.21 Å². The van der Waals surface area contributed by atoms with Crippen molar-refractivity contribution in [1.82, 2.24) is 10.7 Å². The third-order valence-corrected chi connectivity index (χ3v) is 4.21. The predicted octanol–water partition coefficient (Wildman–Crippen LogP) is 3.66. The first kappa shape index (κ1) is 20.7. The smallest absolute Gasteiger partial charge is 0.259 e. The molecule has 27 heavy (non-hydrogen) atoms. The maximum absolute atomic E-state index is 12.0. The largest absolute Gasteiger partial charge is 0.494 e. The lowest BCUT2D eigenvalue weighted by Crippen LogP contribution is -2.34. The number of amides is 2. The van der Waals surface area contributed by atoms with E-state index in [2.05, 4.69) is 15.8 Å². The van der Waals surface area contributed by atoms with Gasteiger partial charge >= 0.3 is 0 Å². The molecule has 2 N–H and O–H groups in total. The lowest BCUT2D eigenvalue weighted by molar-refractivity contribution is -0.120. The average molecular weight is 408 g/mol. The number of halogens is 2. The van der Waals surface area contributed by atoms with E-state index >= 15 is 0 Å². The number of rotatable bonds is 8. The van der Waals surface area contributed by atoms with Crippen molar-refractivity contribution in [3.05, 3.63) is 63.6 Å². The molecule has 2 rings (SSSR count). The Hall–Kier alpha value is -2.57. The van der Waals surface area contributed by atoms with Crippen molar-refractivity contribution >= 4 is 41.2 Å². The molecule has 0 heterocycles. The zero-order chi connectivity index (χ0) is 19.6. The minimum Gasteiger partial charge on any atom is -0.494 e. The predicted molar refractivity (Wildman–Crippen MR) is 107 cm³/mol. The Morgan fingerprint density at radius 3 is 2.59 bits per heavy atom. The van der Waals surface area contributed by atoms with Gasteiger partial charge in [-0.1, -0.05) is 42.3 Å². The summed E-state index contributed by atoms with van der Waals surface area (Å²) >= 11 is 11.9. The summed E-state index contributed by atoms with van der Waals surface area (Å²) in [5, 5.41) is 7.05. The Morgan fingerprint density at radius 1 is 1.15 bits per heavy atom. The van der Waals surface area contributed by atoms with Gasteiger partial charge in [-0.3, -0.25) is 9.59 Å². The number of carbonyl (C=O) groups excluding carboxylic acids is 2. The maximum Gasteiger partial charge on any atom is 0.259 e. The van der Waals surface area contributed by atoms with Gasteiger partial charge in [0, 0.05) is 11.1 Å². The minimum absolute atomic E-state index is 0.215. The van der Waals surface area contributed by atoms with E-state index in [0.29, 0.717) is 33.5 Å². The topological polar surface area (TPSA) is 79.8 Å². The lowest BCUT2D eigenvalue weighted by Gasteiger charge is -2.07. The molecular weight excluding hydrogens is 389 g/mol. The first-order chi connectivity index (χ1) is 13.0. The van der Waals surface area contributed by atoms with Crippen LogP contribution < -0.4 is 15.5 Å². The molecule has 0 radical (unpaired) electrons. The number of nitrogens with one attached hydrogen (secondary N) is 2. The fourth-order valence-corrected chi connectivity index (χ4v) is 2.38. The monoisotopic (exact) mass is 407 g/mol. The van der Waals surface area contributed by atoms with Gasteiger partial charge in [0.25, 0.3) is 11.8 Å². The highest BCUT2D eigenvalue weighted by molar-refractivity contribution is 6.43. The molecule has 0 aliphatic heterocycles. The second-order valence-electron chi connectivity index (χ2n) is 5.49. The van der Waals surface area contributed by atoms with Gasteiger partial charge in [-0.15, -0.1) is 0 Å². The van der Waals surface area contributed by atoms with Crippen molar-refractivity contribution in [2.75, 3.05) is 13.2 Å². The van der Waals surface area contributed by atoms with Gasteiger partial charge in [0.2, 0.25) is 0 Å². The molecule has 2 aromatic carbocycles. The molecule has 0 bridgehead atoms. The third-order valence-electron chi connectivity index (χ3n) is 3.37. The summed E-state index contributed by atoms with van der Waals surface area (Å²) in [4.78, 5) is 23.8. The van der Waals surface area contributed by atoms with Crippen LogP contribution in [0.15, 0.2) is 47.6 Å². The number of ether oxygens (including phenoxy) is 1. The molecule has 0 saturated heterocycles. The number of benzene rings is 2. The van der Waals surface area contributed by atoms with Crippen molar-refractivity contribution < 1.29 is 14.3 Å². The van der Waals surface area contributed by atoms with Crippen LogP contribution >= 0.6 is 23.2 Å². The highest BCUT2D eigenvalue weighted by Gasteiger charge is 2.08. The SMILES string of the molecule is CCCOc1ccc(C(=O)NCC(=O)N/N=C\c2cccc(Cl)c2Cl)cc1. The number of hydrazone groups is 1. The summed E-state index contributed by atoms with van der Waals surface area (Å²) in [6.07, 6.45) is 2.28. The Morgan fingerprint density at radius 2 is 1.89 bits per heavy atom. The van der Waals surface area contributed by atoms with E-state index in [4.69, 9.17) is 27.9 Å². The van der Waals surface area contributed by atoms with Crippen molar-refractivity contribution in [2.24, 2.45) is 5.10 Å². The highest BCUT2D eigenvalue weighted by Crippen LogP contribution is 2.24. The molecular formula is C19H19Cl2N3O3. The van der Waals surface area contributed by atoms with Gasteiger partial charge in [0.05, 0.1) is 29.4 Å². The molecule has 0 aliphatic rings. The normalized spacial score (nSPS) is 10.6. The Kier molecular flexibility index (Phi) is 8.10. The van der Waals surface area contributed by atoms with Crippen molar-refractivity contribution in [1.29, 1.82) is 0 Å². The first-order valence-electron chi connectivity index (χ1n) is 8.28. The van der Waals surface area contributed by atoms with Crippen LogP contribution in [-0.2, 0) is 4.79 Å². The van der Waals surface area contributed by atoms with E-state index in [1.807, 2.05) is 6.92 Å². The van der Waals surface area contributed by atoms with E-state index in [0.717, 1.165) is 6.42 Å². The Balaban J connectivity index is 1.80. The van der Waals surface area contributed by atoms with Gasteiger partial charge in [-0.2, -0.15) is 5.10 Å². The third kappa shape index (κ3) is 6.58. The van der Waals surface area contributed by atoms with Crippen molar-refractivity contribution in [2.45, 2.75) is 13.3 Å². The van der Waals surface area contributed by atoms with Gasteiger partial charge in [-0.25, -0.2) is 5.43 Å². The van der Waals surface area contributed by atoms with Crippen LogP contribution in [0.25, 0.3) is 0 Å². The summed E-state index contributed by atoms with van der Waals surface area (Å²) in [5.41, 5.74) is 3.31. The Bertz CT molecular complexity index is 823. The first-order valence-corrected chi connectivity index (χ1v) is 9.04. The van der Waals surface area contributed by atoms with Crippen LogP contribution in [0, 0.1) is 0 Å². The Labute approximate surface area is 167 Å². The van der Waals surface area contributed by atoms with Crippen LogP contribution in [0.1, 0.15) is 29.3 Å². The fourth-order valence-electron chi connectivity index (χ4n) is 2.02. The van der Waals surface area contributed by atoms with E-state index in [9.17, 15) is 9.59 Å².